The third-order valence-corrected chi connectivity index (χ3v) is 1.98. The van der Waals surface area contributed by atoms with Crippen molar-refractivity contribution in [1.82, 2.24) is 9.97 Å². The van der Waals surface area contributed by atoms with Crippen molar-refractivity contribution in [2.45, 2.75) is 6.29 Å². The number of methoxy groups -OCH3 is 3. The summed E-state index contributed by atoms with van der Waals surface area (Å²) in [5.74, 6) is 0.485. The molecule has 2 N–H and O–H groups in total. The van der Waals surface area contributed by atoms with Crippen LogP contribution >= 0.6 is 0 Å². The van der Waals surface area contributed by atoms with E-state index in [1.54, 1.807) is 0 Å². The van der Waals surface area contributed by atoms with Gasteiger partial charge in [-0.25, -0.2) is 4.98 Å². The van der Waals surface area contributed by atoms with Gasteiger partial charge < -0.3 is 24.5 Å². The van der Waals surface area contributed by atoms with Crippen LogP contribution in [0.15, 0.2) is 11.1 Å². The second kappa shape index (κ2) is 6.09. The molecule has 16 heavy (non-hydrogen) atoms. The van der Waals surface area contributed by atoms with Crippen LogP contribution in [0.5, 0.6) is 5.75 Å². The minimum atomic E-state index is -0.411. The molecular weight excluding hydrogens is 214 g/mol. The lowest BCUT2D eigenvalue weighted by Crippen LogP contribution is -2.25. The first-order valence-corrected chi connectivity index (χ1v) is 4.64. The van der Waals surface area contributed by atoms with Gasteiger partial charge in [-0.2, -0.15) is 0 Å². The molecule has 0 atom stereocenters. The Morgan fingerprint density at radius 1 is 1.44 bits per heavy atom. The van der Waals surface area contributed by atoms with Crippen LogP contribution in [0.25, 0.3) is 0 Å². The molecule has 0 bridgehead atoms. The zero-order valence-electron chi connectivity index (χ0n) is 9.44. The second-order valence-electron chi connectivity index (χ2n) is 2.90. The lowest BCUT2D eigenvalue weighted by atomic mass is 10.5. The molecular formula is C9H15N3O4. The molecule has 0 aliphatic heterocycles. The SMILES string of the molecule is COc1c(NCC(OC)OC)nc[nH]c1=O. The van der Waals surface area contributed by atoms with Crippen LogP contribution in [0.4, 0.5) is 5.82 Å². The van der Waals surface area contributed by atoms with E-state index >= 15 is 0 Å². The number of aromatic amines is 1. The van der Waals surface area contributed by atoms with E-state index in [0.29, 0.717) is 12.4 Å². The number of nitrogens with one attached hydrogen (secondary N) is 2. The number of H-pyrrole nitrogens is 1. The predicted octanol–water partition coefficient (Wildman–Crippen LogP) is -0.191. The Morgan fingerprint density at radius 2 is 2.12 bits per heavy atom. The summed E-state index contributed by atoms with van der Waals surface area (Å²) in [7, 11) is 4.46. The van der Waals surface area contributed by atoms with Gasteiger partial charge in [0.25, 0.3) is 5.56 Å². The van der Waals surface area contributed by atoms with E-state index in [9.17, 15) is 4.79 Å². The minimum Gasteiger partial charge on any atom is -0.489 e. The highest BCUT2D eigenvalue weighted by molar-refractivity contribution is 5.47. The molecule has 0 aliphatic rings. The Balaban J connectivity index is 2.73. The lowest BCUT2D eigenvalue weighted by molar-refractivity contribution is -0.0914. The molecule has 1 aromatic heterocycles. The van der Waals surface area contributed by atoms with Crippen molar-refractivity contribution in [2.75, 3.05) is 33.2 Å². The Kier molecular flexibility index (Phi) is 4.74. The van der Waals surface area contributed by atoms with E-state index in [4.69, 9.17) is 14.2 Å². The molecule has 1 heterocycles. The summed E-state index contributed by atoms with van der Waals surface area (Å²) < 4.78 is 14.9. The van der Waals surface area contributed by atoms with Crippen molar-refractivity contribution in [3.8, 4) is 5.75 Å². The maximum atomic E-state index is 11.3. The molecule has 0 aromatic carbocycles. The molecule has 90 valence electrons. The quantitative estimate of drug-likeness (QED) is 0.657. The van der Waals surface area contributed by atoms with E-state index in [0.717, 1.165) is 0 Å². The van der Waals surface area contributed by atoms with Crippen molar-refractivity contribution < 1.29 is 14.2 Å². The number of hydrogen-bond acceptors (Lipinski definition) is 6. The van der Waals surface area contributed by atoms with E-state index in [1.165, 1.54) is 27.7 Å². The van der Waals surface area contributed by atoms with Crippen molar-refractivity contribution >= 4 is 5.82 Å². The summed E-state index contributed by atoms with van der Waals surface area (Å²) in [5, 5.41) is 2.90. The van der Waals surface area contributed by atoms with Gasteiger partial charge in [0.15, 0.2) is 12.1 Å². The van der Waals surface area contributed by atoms with Crippen LogP contribution in [-0.2, 0) is 9.47 Å². The molecule has 0 radical (unpaired) electrons. The van der Waals surface area contributed by atoms with E-state index in [2.05, 4.69) is 15.3 Å². The fourth-order valence-corrected chi connectivity index (χ4v) is 1.15. The number of anilines is 1. The van der Waals surface area contributed by atoms with Crippen LogP contribution < -0.4 is 15.6 Å². The van der Waals surface area contributed by atoms with Crippen LogP contribution in [0.2, 0.25) is 0 Å². The molecule has 1 aromatic rings. The van der Waals surface area contributed by atoms with Crippen molar-refractivity contribution in [3.63, 3.8) is 0 Å². The van der Waals surface area contributed by atoms with Crippen molar-refractivity contribution in [3.05, 3.63) is 16.7 Å². The highest BCUT2D eigenvalue weighted by Gasteiger charge is 2.11. The third-order valence-electron chi connectivity index (χ3n) is 1.98. The van der Waals surface area contributed by atoms with Gasteiger partial charge in [0.05, 0.1) is 20.0 Å². The van der Waals surface area contributed by atoms with Crippen molar-refractivity contribution in [1.29, 1.82) is 0 Å². The number of aromatic nitrogens is 2. The van der Waals surface area contributed by atoms with Crippen LogP contribution in [-0.4, -0.2) is 44.1 Å². The first-order valence-electron chi connectivity index (χ1n) is 4.64. The van der Waals surface area contributed by atoms with Gasteiger partial charge in [-0.05, 0) is 0 Å². The van der Waals surface area contributed by atoms with Gasteiger partial charge in [-0.15, -0.1) is 0 Å². The van der Waals surface area contributed by atoms with Gasteiger partial charge in [0, 0.05) is 14.2 Å². The van der Waals surface area contributed by atoms with Crippen LogP contribution in [0, 0.1) is 0 Å². The highest BCUT2D eigenvalue weighted by atomic mass is 16.7. The molecule has 7 nitrogen and oxygen atoms in total. The average molecular weight is 229 g/mol. The Hall–Kier alpha value is -1.60. The maximum Gasteiger partial charge on any atom is 0.295 e. The lowest BCUT2D eigenvalue weighted by Gasteiger charge is -2.15. The van der Waals surface area contributed by atoms with Crippen molar-refractivity contribution in [2.24, 2.45) is 0 Å². The smallest absolute Gasteiger partial charge is 0.295 e. The van der Waals surface area contributed by atoms with Gasteiger partial charge in [-0.1, -0.05) is 0 Å². The average Bonchev–Trinajstić information content (AvgIpc) is 2.30. The highest BCUT2D eigenvalue weighted by Crippen LogP contribution is 2.14. The standard InChI is InChI=1S/C9H15N3O4/c1-14-6(15-2)4-10-8-7(16-3)9(13)12-5-11-8/h5-6H,4H2,1-3H3,(H2,10,11,12,13). The fourth-order valence-electron chi connectivity index (χ4n) is 1.15. The zero-order valence-corrected chi connectivity index (χ0v) is 9.44. The second-order valence-corrected chi connectivity index (χ2v) is 2.90. The Labute approximate surface area is 92.7 Å². The largest absolute Gasteiger partial charge is 0.489 e. The Bertz CT molecular complexity index is 375. The topological polar surface area (TPSA) is 85.5 Å². The van der Waals surface area contributed by atoms with Gasteiger partial charge in [0.1, 0.15) is 0 Å². The van der Waals surface area contributed by atoms with E-state index < -0.39 is 6.29 Å². The van der Waals surface area contributed by atoms with Crippen LogP contribution in [0.3, 0.4) is 0 Å². The summed E-state index contributed by atoms with van der Waals surface area (Å²) in [4.78, 5) is 17.7. The summed E-state index contributed by atoms with van der Waals surface area (Å²) >= 11 is 0. The molecule has 0 fully saturated rings. The Morgan fingerprint density at radius 3 is 2.69 bits per heavy atom. The monoisotopic (exact) mass is 229 g/mol. The van der Waals surface area contributed by atoms with E-state index in [1.807, 2.05) is 0 Å². The fraction of sp³-hybridized carbons (Fsp3) is 0.556. The number of hydrogen-bond donors (Lipinski definition) is 2. The first kappa shape index (κ1) is 12.5. The molecule has 0 amide bonds. The first-order chi connectivity index (χ1) is 7.72. The summed E-state index contributed by atoms with van der Waals surface area (Å²) in [6.07, 6.45) is 0.882. The molecule has 0 saturated carbocycles. The summed E-state index contributed by atoms with van der Waals surface area (Å²) in [6, 6.07) is 0. The zero-order chi connectivity index (χ0) is 12.0. The minimum absolute atomic E-state index is 0.133. The number of ether oxygens (including phenoxy) is 3. The van der Waals surface area contributed by atoms with Gasteiger partial charge >= 0.3 is 0 Å². The third kappa shape index (κ3) is 2.94. The van der Waals surface area contributed by atoms with E-state index in [-0.39, 0.29) is 11.3 Å². The summed E-state index contributed by atoms with van der Waals surface area (Å²) in [6.45, 7) is 0.361. The predicted molar refractivity (Wildman–Crippen MR) is 57.7 cm³/mol. The molecule has 0 aliphatic carbocycles. The molecule has 7 heteroatoms. The molecule has 0 unspecified atom stereocenters. The maximum absolute atomic E-state index is 11.3. The number of rotatable bonds is 6. The molecule has 0 spiro atoms. The number of nitrogens with zero attached hydrogens (tertiary/aromatic N) is 1. The summed E-state index contributed by atoms with van der Waals surface area (Å²) in [5.41, 5.74) is -0.341. The van der Waals surface area contributed by atoms with Gasteiger partial charge in [0.2, 0.25) is 5.75 Å². The normalized spacial score (nSPS) is 10.5. The van der Waals surface area contributed by atoms with Gasteiger partial charge in [-0.3, -0.25) is 4.79 Å². The molecule has 0 saturated heterocycles. The molecule has 1 rings (SSSR count). The van der Waals surface area contributed by atoms with Crippen LogP contribution in [0.1, 0.15) is 0 Å².